The van der Waals surface area contributed by atoms with Crippen LogP contribution in [0.15, 0.2) is 12.3 Å². The van der Waals surface area contributed by atoms with Crippen LogP contribution >= 0.6 is 0 Å². The summed E-state index contributed by atoms with van der Waals surface area (Å²) in [5.41, 5.74) is -0.520. The van der Waals surface area contributed by atoms with Gasteiger partial charge in [0.1, 0.15) is 12.2 Å². The van der Waals surface area contributed by atoms with Crippen molar-refractivity contribution in [1.82, 2.24) is 19.6 Å². The predicted molar refractivity (Wildman–Crippen MR) is 80.1 cm³/mol. The molecule has 0 bridgehead atoms. The van der Waals surface area contributed by atoms with E-state index in [1.807, 2.05) is 13.8 Å². The monoisotopic (exact) mass is 332 g/mol. The van der Waals surface area contributed by atoms with Crippen LogP contribution in [0.2, 0.25) is 0 Å². The first-order chi connectivity index (χ1) is 10.6. The van der Waals surface area contributed by atoms with Crippen LogP contribution in [0.25, 0.3) is 0 Å². The Labute approximate surface area is 134 Å². The highest BCUT2D eigenvalue weighted by Crippen LogP contribution is 2.22. The van der Waals surface area contributed by atoms with Gasteiger partial charge in [-0.25, -0.2) is 0 Å². The van der Waals surface area contributed by atoms with Gasteiger partial charge in [-0.2, -0.15) is 18.3 Å². The second-order valence-corrected chi connectivity index (χ2v) is 6.65. The molecule has 0 N–H and O–H groups in total. The molecule has 1 aliphatic rings. The molecule has 1 aromatic rings. The summed E-state index contributed by atoms with van der Waals surface area (Å²) in [6.45, 7) is 5.28. The molecule has 1 aromatic heterocycles. The zero-order valence-corrected chi connectivity index (χ0v) is 13.7. The van der Waals surface area contributed by atoms with Gasteiger partial charge in [-0.3, -0.25) is 9.48 Å². The Morgan fingerprint density at radius 1 is 1.26 bits per heavy atom. The lowest BCUT2D eigenvalue weighted by Crippen LogP contribution is -2.52. The fourth-order valence-corrected chi connectivity index (χ4v) is 2.85. The second-order valence-electron chi connectivity index (χ2n) is 6.65. The van der Waals surface area contributed by atoms with E-state index >= 15 is 0 Å². The number of carbonyl (C=O) groups excluding carboxylic acids is 1. The number of carbonyl (C=O) groups is 1. The van der Waals surface area contributed by atoms with E-state index in [4.69, 9.17) is 0 Å². The summed E-state index contributed by atoms with van der Waals surface area (Å²) in [5, 5.41) is 3.63. The normalized spacial score (nSPS) is 16.8. The molecule has 0 atom stereocenters. The number of hydrogen-bond donors (Lipinski definition) is 0. The molecule has 2 rings (SSSR count). The van der Waals surface area contributed by atoms with Crippen molar-refractivity contribution < 1.29 is 18.0 Å². The summed E-state index contributed by atoms with van der Waals surface area (Å²) in [4.78, 5) is 16.4. The third-order valence-electron chi connectivity index (χ3n) is 4.29. The fraction of sp³-hybridized carbons (Fsp3) is 0.733. The first-order valence-corrected chi connectivity index (χ1v) is 7.69. The number of alkyl halides is 3. The Morgan fingerprint density at radius 2 is 1.87 bits per heavy atom. The zero-order valence-electron chi connectivity index (χ0n) is 13.7. The van der Waals surface area contributed by atoms with Gasteiger partial charge in [0.15, 0.2) is 0 Å². The lowest BCUT2D eigenvalue weighted by molar-refractivity contribution is -0.142. The number of halogens is 3. The Hall–Kier alpha value is -1.57. The summed E-state index contributed by atoms with van der Waals surface area (Å²) in [6.07, 6.45) is -0.900. The number of hydrogen-bond acceptors (Lipinski definition) is 3. The largest absolute Gasteiger partial charge is 0.408 e. The van der Waals surface area contributed by atoms with Crippen LogP contribution in [0, 0.1) is 0 Å². The summed E-state index contributed by atoms with van der Waals surface area (Å²) in [5.74, 6) is -0.448. The molecule has 1 aliphatic heterocycles. The molecule has 0 saturated carbocycles. The quantitative estimate of drug-likeness (QED) is 0.831. The summed E-state index contributed by atoms with van der Waals surface area (Å²) in [7, 11) is 1.63. The van der Waals surface area contributed by atoms with E-state index in [9.17, 15) is 18.0 Å². The van der Waals surface area contributed by atoms with Crippen LogP contribution in [0.3, 0.4) is 0 Å². The standard InChI is InChI=1S/C15H23F3N4O/c1-14(2,10-21-8-4-5-9-21)20(3)13(23)12-6-7-19-22(12)11-15(16,17)18/h6-7H,4-5,8-11H2,1-3H3. The van der Waals surface area contributed by atoms with Crippen molar-refractivity contribution in [3.05, 3.63) is 18.0 Å². The van der Waals surface area contributed by atoms with Crippen molar-refractivity contribution in [1.29, 1.82) is 0 Å². The van der Waals surface area contributed by atoms with Crippen LogP contribution in [0.5, 0.6) is 0 Å². The minimum Gasteiger partial charge on any atom is -0.334 e. The maximum Gasteiger partial charge on any atom is 0.408 e. The topological polar surface area (TPSA) is 41.4 Å². The number of likely N-dealkylation sites (tertiary alicyclic amines) is 1. The highest BCUT2D eigenvalue weighted by molar-refractivity contribution is 5.92. The van der Waals surface area contributed by atoms with Gasteiger partial charge in [-0.15, -0.1) is 0 Å². The Kier molecular flexibility index (Phi) is 5.03. The van der Waals surface area contributed by atoms with Crippen LogP contribution in [0.4, 0.5) is 13.2 Å². The first kappa shape index (κ1) is 17.8. The third-order valence-corrected chi connectivity index (χ3v) is 4.29. The van der Waals surface area contributed by atoms with Gasteiger partial charge in [0.2, 0.25) is 0 Å². The number of nitrogens with zero attached hydrogens (tertiary/aromatic N) is 4. The number of rotatable bonds is 5. The molecule has 0 aromatic carbocycles. The fourth-order valence-electron chi connectivity index (χ4n) is 2.85. The van der Waals surface area contributed by atoms with E-state index in [1.54, 1.807) is 7.05 Å². The molecular formula is C15H23F3N4O. The molecule has 8 heteroatoms. The maximum absolute atomic E-state index is 12.6. The molecule has 0 radical (unpaired) electrons. The van der Waals surface area contributed by atoms with Crippen molar-refractivity contribution in [2.45, 2.75) is 44.9 Å². The molecule has 1 fully saturated rings. The molecule has 23 heavy (non-hydrogen) atoms. The zero-order chi connectivity index (χ0) is 17.3. The predicted octanol–water partition coefficient (Wildman–Crippen LogP) is 2.39. The maximum atomic E-state index is 12.6. The molecule has 0 spiro atoms. The smallest absolute Gasteiger partial charge is 0.334 e. The van der Waals surface area contributed by atoms with E-state index < -0.39 is 24.2 Å². The van der Waals surface area contributed by atoms with E-state index in [0.29, 0.717) is 11.2 Å². The average molecular weight is 332 g/mol. The molecular weight excluding hydrogens is 309 g/mol. The minimum absolute atomic E-state index is 0.0423. The molecule has 0 unspecified atom stereocenters. The second kappa shape index (κ2) is 6.51. The number of likely N-dealkylation sites (N-methyl/N-ethyl adjacent to an activating group) is 1. The van der Waals surface area contributed by atoms with Crippen LogP contribution in [0.1, 0.15) is 37.2 Å². The third kappa shape index (κ3) is 4.46. The summed E-state index contributed by atoms with van der Waals surface area (Å²) in [6, 6.07) is 1.33. The minimum atomic E-state index is -4.41. The molecule has 130 valence electrons. The Bertz CT molecular complexity index is 547. The molecule has 1 amide bonds. The molecule has 5 nitrogen and oxygen atoms in total. The van der Waals surface area contributed by atoms with Crippen LogP contribution < -0.4 is 0 Å². The van der Waals surface area contributed by atoms with E-state index in [1.165, 1.54) is 17.2 Å². The molecule has 1 saturated heterocycles. The average Bonchev–Trinajstić information content (AvgIpc) is 3.06. The van der Waals surface area contributed by atoms with E-state index in [2.05, 4.69) is 10.00 Å². The Morgan fingerprint density at radius 3 is 2.43 bits per heavy atom. The van der Waals surface area contributed by atoms with E-state index in [-0.39, 0.29) is 5.69 Å². The molecule has 0 aliphatic carbocycles. The molecule has 2 heterocycles. The highest BCUT2D eigenvalue weighted by atomic mass is 19.4. The van der Waals surface area contributed by atoms with Crippen molar-refractivity contribution in [2.75, 3.05) is 26.7 Å². The highest BCUT2D eigenvalue weighted by Gasteiger charge is 2.35. The van der Waals surface area contributed by atoms with Gasteiger partial charge in [0, 0.05) is 25.3 Å². The van der Waals surface area contributed by atoms with Gasteiger partial charge in [-0.05, 0) is 45.8 Å². The lowest BCUT2D eigenvalue weighted by atomic mass is 10.0. The van der Waals surface area contributed by atoms with Gasteiger partial charge in [-0.1, -0.05) is 0 Å². The van der Waals surface area contributed by atoms with Crippen molar-refractivity contribution in [3.63, 3.8) is 0 Å². The van der Waals surface area contributed by atoms with Gasteiger partial charge in [0.05, 0.1) is 0 Å². The van der Waals surface area contributed by atoms with Crippen LogP contribution in [-0.4, -0.2) is 63.9 Å². The first-order valence-electron chi connectivity index (χ1n) is 7.69. The van der Waals surface area contributed by atoms with Crippen LogP contribution in [-0.2, 0) is 6.54 Å². The number of amides is 1. The van der Waals surface area contributed by atoms with Gasteiger partial charge < -0.3 is 9.80 Å². The number of aromatic nitrogens is 2. The Balaban J connectivity index is 2.11. The lowest BCUT2D eigenvalue weighted by Gasteiger charge is -2.38. The SMILES string of the molecule is CN(C(=O)c1ccnn1CC(F)(F)F)C(C)(C)CN1CCCC1. The van der Waals surface area contributed by atoms with Crippen molar-refractivity contribution >= 4 is 5.91 Å². The van der Waals surface area contributed by atoms with Crippen molar-refractivity contribution in [3.8, 4) is 0 Å². The van der Waals surface area contributed by atoms with Gasteiger partial charge in [0.25, 0.3) is 5.91 Å². The van der Waals surface area contributed by atoms with E-state index in [0.717, 1.165) is 25.9 Å². The van der Waals surface area contributed by atoms with Crippen molar-refractivity contribution in [2.24, 2.45) is 0 Å². The summed E-state index contributed by atoms with van der Waals surface area (Å²) < 4.78 is 38.4. The summed E-state index contributed by atoms with van der Waals surface area (Å²) >= 11 is 0. The van der Waals surface area contributed by atoms with Gasteiger partial charge >= 0.3 is 6.18 Å².